The standard InChI is InChI=1S/C24H23ClF2N4O2Si/c1-3-19(32)29-6-7-30(13(2)12-29)23-16-11-17(25)20(15-5-4-14(26)10-18(15)27)22-21(16)31(8-9-34-22)24(33)28-23/h3-5,10-11,13H,1,6-9,12,34H2,2H3/t13-/m0/s1. The fourth-order valence-corrected chi connectivity index (χ4v) is 7.66. The Labute approximate surface area is 202 Å². The second-order valence-corrected chi connectivity index (χ2v) is 11.1. The molecule has 0 aliphatic carbocycles. The Morgan fingerprint density at radius 1 is 1.26 bits per heavy atom. The van der Waals surface area contributed by atoms with Crippen molar-refractivity contribution >= 4 is 48.9 Å². The third kappa shape index (κ3) is 3.63. The van der Waals surface area contributed by atoms with Gasteiger partial charge < -0.3 is 9.80 Å². The predicted molar refractivity (Wildman–Crippen MR) is 133 cm³/mol. The van der Waals surface area contributed by atoms with Gasteiger partial charge in [0.15, 0.2) is 0 Å². The van der Waals surface area contributed by atoms with E-state index in [4.69, 9.17) is 11.6 Å². The molecule has 3 aromatic rings. The smallest absolute Gasteiger partial charge is 0.349 e. The Morgan fingerprint density at radius 3 is 2.76 bits per heavy atom. The van der Waals surface area contributed by atoms with Gasteiger partial charge in [-0.1, -0.05) is 18.2 Å². The van der Waals surface area contributed by atoms with E-state index in [1.807, 2.05) is 11.8 Å². The molecular formula is C24H23ClF2N4O2Si. The normalized spacial score (nSPS) is 18.5. The van der Waals surface area contributed by atoms with Crippen molar-refractivity contribution in [1.82, 2.24) is 14.5 Å². The van der Waals surface area contributed by atoms with Crippen LogP contribution in [0, 0.1) is 11.6 Å². The number of nitrogens with zero attached hydrogens (tertiary/aromatic N) is 4. The molecule has 2 aromatic carbocycles. The van der Waals surface area contributed by atoms with Crippen molar-refractivity contribution in [2.45, 2.75) is 25.6 Å². The minimum absolute atomic E-state index is 0.0831. The first-order chi connectivity index (χ1) is 16.3. The maximum absolute atomic E-state index is 14.8. The van der Waals surface area contributed by atoms with E-state index in [9.17, 15) is 18.4 Å². The highest BCUT2D eigenvalue weighted by Crippen LogP contribution is 2.36. The number of aromatic nitrogens is 2. The van der Waals surface area contributed by atoms with Gasteiger partial charge in [-0.15, -0.1) is 0 Å². The maximum atomic E-state index is 14.8. The average molecular weight is 501 g/mol. The molecule has 176 valence electrons. The average Bonchev–Trinajstić information content (AvgIpc) is 2.81. The fourth-order valence-electron chi connectivity index (χ4n) is 5.15. The molecule has 5 rings (SSSR count). The molecule has 0 saturated carbocycles. The van der Waals surface area contributed by atoms with E-state index >= 15 is 0 Å². The van der Waals surface area contributed by atoms with Crippen LogP contribution in [-0.2, 0) is 11.3 Å². The van der Waals surface area contributed by atoms with Crippen LogP contribution in [0.25, 0.3) is 22.0 Å². The van der Waals surface area contributed by atoms with Gasteiger partial charge in [-0.05, 0) is 42.4 Å². The van der Waals surface area contributed by atoms with E-state index in [-0.39, 0.29) is 23.2 Å². The van der Waals surface area contributed by atoms with Crippen LogP contribution in [0.4, 0.5) is 14.6 Å². The van der Waals surface area contributed by atoms with Crippen molar-refractivity contribution in [3.8, 4) is 11.1 Å². The lowest BCUT2D eigenvalue weighted by Gasteiger charge is -2.41. The quantitative estimate of drug-likeness (QED) is 0.409. The summed E-state index contributed by atoms with van der Waals surface area (Å²) in [5.74, 6) is -0.941. The molecule has 0 bridgehead atoms. The molecule has 1 atom stereocenters. The molecule has 3 heterocycles. The summed E-state index contributed by atoms with van der Waals surface area (Å²) < 4.78 is 30.0. The van der Waals surface area contributed by atoms with E-state index in [1.165, 1.54) is 18.2 Å². The molecule has 1 saturated heterocycles. The van der Waals surface area contributed by atoms with Gasteiger partial charge in [0.2, 0.25) is 5.91 Å². The Bertz CT molecular complexity index is 1410. The summed E-state index contributed by atoms with van der Waals surface area (Å²) in [7, 11) is -0.877. The summed E-state index contributed by atoms with van der Waals surface area (Å²) in [6, 6.07) is 5.94. The number of rotatable bonds is 3. The third-order valence-electron chi connectivity index (χ3n) is 6.69. The highest BCUT2D eigenvalue weighted by atomic mass is 35.5. The molecule has 0 unspecified atom stereocenters. The first kappa shape index (κ1) is 22.7. The van der Waals surface area contributed by atoms with E-state index in [0.717, 1.165) is 28.2 Å². The summed E-state index contributed by atoms with van der Waals surface area (Å²) in [5.41, 5.74) is 1.16. The molecule has 2 aliphatic heterocycles. The molecular weight excluding hydrogens is 478 g/mol. The van der Waals surface area contributed by atoms with E-state index in [2.05, 4.69) is 11.6 Å². The minimum atomic E-state index is -0.877. The zero-order valence-electron chi connectivity index (χ0n) is 18.7. The van der Waals surface area contributed by atoms with Crippen LogP contribution in [0.5, 0.6) is 0 Å². The number of carbonyl (C=O) groups excluding carboxylic acids is 1. The Morgan fingerprint density at radius 2 is 2.06 bits per heavy atom. The van der Waals surface area contributed by atoms with Gasteiger partial charge in [0.1, 0.15) is 17.5 Å². The first-order valence-electron chi connectivity index (χ1n) is 11.2. The van der Waals surface area contributed by atoms with Gasteiger partial charge in [-0.2, -0.15) is 4.98 Å². The molecule has 1 amide bonds. The van der Waals surface area contributed by atoms with E-state index in [0.29, 0.717) is 42.6 Å². The van der Waals surface area contributed by atoms with E-state index in [1.54, 1.807) is 15.5 Å². The highest BCUT2D eigenvalue weighted by Gasteiger charge is 2.31. The van der Waals surface area contributed by atoms with Crippen LogP contribution in [0.3, 0.4) is 0 Å². The van der Waals surface area contributed by atoms with Crippen molar-refractivity contribution in [2.75, 3.05) is 24.5 Å². The molecule has 6 nitrogen and oxygen atoms in total. The summed E-state index contributed by atoms with van der Waals surface area (Å²) in [6.45, 7) is 7.57. The number of carbonyl (C=O) groups is 1. The Hall–Kier alpha value is -3.04. The molecule has 2 aliphatic rings. The summed E-state index contributed by atoms with van der Waals surface area (Å²) in [6.07, 6.45) is 1.30. The van der Waals surface area contributed by atoms with Crippen molar-refractivity contribution in [3.63, 3.8) is 0 Å². The summed E-state index contributed by atoms with van der Waals surface area (Å²) in [4.78, 5) is 33.3. The van der Waals surface area contributed by atoms with Gasteiger partial charge in [0, 0.05) is 59.8 Å². The predicted octanol–water partition coefficient (Wildman–Crippen LogP) is 2.44. The zero-order chi connectivity index (χ0) is 24.1. The minimum Gasteiger partial charge on any atom is -0.350 e. The first-order valence-corrected chi connectivity index (χ1v) is 13.3. The maximum Gasteiger partial charge on any atom is 0.349 e. The summed E-state index contributed by atoms with van der Waals surface area (Å²) >= 11 is 6.74. The van der Waals surface area contributed by atoms with Gasteiger partial charge in [-0.3, -0.25) is 9.36 Å². The second kappa shape index (κ2) is 8.63. The Kier molecular flexibility index (Phi) is 5.77. The van der Waals surface area contributed by atoms with Crippen molar-refractivity contribution in [3.05, 3.63) is 64.1 Å². The number of benzene rings is 2. The lowest BCUT2D eigenvalue weighted by atomic mass is 10.0. The zero-order valence-corrected chi connectivity index (χ0v) is 20.8. The van der Waals surface area contributed by atoms with Gasteiger partial charge in [-0.25, -0.2) is 13.6 Å². The topological polar surface area (TPSA) is 58.4 Å². The number of anilines is 1. The molecule has 1 aromatic heterocycles. The molecule has 0 spiro atoms. The monoisotopic (exact) mass is 500 g/mol. The molecule has 0 N–H and O–H groups in total. The Balaban J connectivity index is 1.71. The van der Waals surface area contributed by atoms with Crippen LogP contribution >= 0.6 is 11.6 Å². The number of halogens is 3. The van der Waals surface area contributed by atoms with Crippen molar-refractivity contribution in [1.29, 1.82) is 0 Å². The van der Waals surface area contributed by atoms with Crippen LogP contribution < -0.4 is 15.8 Å². The van der Waals surface area contributed by atoms with Crippen LogP contribution in [0.15, 0.2) is 41.7 Å². The fraction of sp³-hybridized carbons (Fsp3) is 0.292. The van der Waals surface area contributed by atoms with Crippen LogP contribution in [-0.4, -0.2) is 55.6 Å². The number of hydrogen-bond acceptors (Lipinski definition) is 4. The summed E-state index contributed by atoms with van der Waals surface area (Å²) in [5, 5.41) is 1.99. The lowest BCUT2D eigenvalue weighted by molar-refractivity contribution is -0.126. The van der Waals surface area contributed by atoms with Crippen LogP contribution in [0.1, 0.15) is 6.92 Å². The number of amides is 1. The number of aryl methyl sites for hydroxylation is 1. The largest absolute Gasteiger partial charge is 0.350 e. The van der Waals surface area contributed by atoms with Gasteiger partial charge in [0.25, 0.3) is 0 Å². The van der Waals surface area contributed by atoms with Crippen molar-refractivity contribution < 1.29 is 13.6 Å². The van der Waals surface area contributed by atoms with Crippen molar-refractivity contribution in [2.24, 2.45) is 0 Å². The van der Waals surface area contributed by atoms with E-state index < -0.39 is 21.2 Å². The molecule has 10 heteroatoms. The second-order valence-electron chi connectivity index (χ2n) is 8.74. The van der Waals surface area contributed by atoms with Crippen LogP contribution in [0.2, 0.25) is 11.1 Å². The third-order valence-corrected chi connectivity index (χ3v) is 8.85. The SMILES string of the molecule is C=CC(=O)N1CCN(c2nc(=O)n3c4c(c(-c5ccc(F)cc5F)c(Cl)cc24)[SiH2]CC3)[C@@H](C)C1. The molecule has 1 fully saturated rings. The molecule has 34 heavy (non-hydrogen) atoms. The number of hydrogen-bond donors (Lipinski definition) is 0. The highest BCUT2D eigenvalue weighted by molar-refractivity contribution is 6.61. The lowest BCUT2D eigenvalue weighted by Crippen LogP contribution is -2.54. The molecule has 0 radical (unpaired) electrons. The van der Waals surface area contributed by atoms with Gasteiger partial charge >= 0.3 is 5.69 Å². The van der Waals surface area contributed by atoms with Gasteiger partial charge in [0.05, 0.1) is 15.0 Å². The number of piperazine rings is 1.